The molecule has 2 heterocycles. The number of hydrogen-bond acceptors (Lipinski definition) is 4. The zero-order valence-electron chi connectivity index (χ0n) is 11.6. The number of aryl methyl sites for hydroxylation is 2. The molecule has 0 aromatic carbocycles. The van der Waals surface area contributed by atoms with Crippen LogP contribution in [0.2, 0.25) is 0 Å². The van der Waals surface area contributed by atoms with Crippen LogP contribution in [0.5, 0.6) is 0 Å². The third-order valence-corrected chi connectivity index (χ3v) is 4.61. The molecule has 1 atom stereocenters. The Bertz CT molecular complexity index is 566. The molecule has 0 aliphatic rings. The van der Waals surface area contributed by atoms with Crippen LogP contribution in [0.4, 0.5) is 0 Å². The SMILES string of the molecule is CCC(C)(N)c1nc(-c2c(C)nn(C)c2C)cs1. The summed E-state index contributed by atoms with van der Waals surface area (Å²) in [4.78, 5) is 4.70. The summed E-state index contributed by atoms with van der Waals surface area (Å²) in [5.74, 6) is 0. The Kier molecular flexibility index (Phi) is 3.29. The molecule has 5 heteroatoms. The maximum atomic E-state index is 6.24. The molecule has 0 saturated heterocycles. The van der Waals surface area contributed by atoms with Gasteiger partial charge in [0.05, 0.1) is 16.9 Å². The maximum absolute atomic E-state index is 6.24. The predicted octanol–water partition coefficient (Wildman–Crippen LogP) is 2.74. The van der Waals surface area contributed by atoms with E-state index in [1.54, 1.807) is 11.3 Å². The number of rotatable bonds is 3. The van der Waals surface area contributed by atoms with Crippen LogP contribution in [-0.2, 0) is 12.6 Å². The van der Waals surface area contributed by atoms with E-state index in [1.807, 2.05) is 25.6 Å². The fraction of sp³-hybridized carbons (Fsp3) is 0.538. The second-order valence-electron chi connectivity index (χ2n) is 4.98. The highest BCUT2D eigenvalue weighted by molar-refractivity contribution is 7.10. The van der Waals surface area contributed by atoms with Crippen LogP contribution in [0.15, 0.2) is 5.38 Å². The zero-order chi connectivity index (χ0) is 13.5. The molecule has 2 aromatic heterocycles. The van der Waals surface area contributed by atoms with Crippen molar-refractivity contribution in [2.75, 3.05) is 0 Å². The lowest BCUT2D eigenvalue weighted by atomic mass is 10.0. The number of hydrogen-bond donors (Lipinski definition) is 1. The highest BCUT2D eigenvalue weighted by Gasteiger charge is 2.24. The van der Waals surface area contributed by atoms with Crippen molar-refractivity contribution >= 4 is 11.3 Å². The lowest BCUT2D eigenvalue weighted by Crippen LogP contribution is -2.31. The molecule has 0 aliphatic carbocycles. The summed E-state index contributed by atoms with van der Waals surface area (Å²) < 4.78 is 1.89. The lowest BCUT2D eigenvalue weighted by molar-refractivity contribution is 0.474. The predicted molar refractivity (Wildman–Crippen MR) is 75.6 cm³/mol. The number of nitrogens with two attached hydrogens (primary N) is 1. The fourth-order valence-corrected chi connectivity index (χ4v) is 2.90. The highest BCUT2D eigenvalue weighted by Crippen LogP contribution is 2.32. The van der Waals surface area contributed by atoms with Gasteiger partial charge in [-0.2, -0.15) is 5.10 Å². The van der Waals surface area contributed by atoms with Gasteiger partial charge < -0.3 is 5.73 Å². The van der Waals surface area contributed by atoms with Gasteiger partial charge in [0.25, 0.3) is 0 Å². The summed E-state index contributed by atoms with van der Waals surface area (Å²) in [6, 6.07) is 0. The first kappa shape index (κ1) is 13.2. The average molecular weight is 264 g/mol. The monoisotopic (exact) mass is 264 g/mol. The first-order valence-corrected chi connectivity index (χ1v) is 7.00. The van der Waals surface area contributed by atoms with Gasteiger partial charge in [0.15, 0.2) is 0 Å². The molecule has 98 valence electrons. The van der Waals surface area contributed by atoms with Crippen LogP contribution in [0, 0.1) is 13.8 Å². The normalized spacial score (nSPS) is 14.8. The number of nitrogens with zero attached hydrogens (tertiary/aromatic N) is 3. The van der Waals surface area contributed by atoms with E-state index < -0.39 is 0 Å². The van der Waals surface area contributed by atoms with Crippen molar-refractivity contribution in [1.82, 2.24) is 14.8 Å². The molecule has 0 radical (unpaired) electrons. The van der Waals surface area contributed by atoms with Gasteiger partial charge in [0.1, 0.15) is 5.01 Å². The van der Waals surface area contributed by atoms with E-state index in [1.165, 1.54) is 0 Å². The topological polar surface area (TPSA) is 56.7 Å². The summed E-state index contributed by atoms with van der Waals surface area (Å²) in [7, 11) is 1.96. The fourth-order valence-electron chi connectivity index (χ4n) is 1.95. The van der Waals surface area contributed by atoms with Crippen molar-refractivity contribution in [3.63, 3.8) is 0 Å². The minimum Gasteiger partial charge on any atom is -0.320 e. The summed E-state index contributed by atoms with van der Waals surface area (Å²) in [6.07, 6.45) is 0.880. The Labute approximate surface area is 112 Å². The van der Waals surface area contributed by atoms with Gasteiger partial charge in [-0.25, -0.2) is 4.98 Å². The molecule has 1 unspecified atom stereocenters. The molecule has 0 bridgehead atoms. The molecular formula is C13H20N4S. The van der Waals surface area contributed by atoms with Crippen LogP contribution in [0.25, 0.3) is 11.3 Å². The van der Waals surface area contributed by atoms with E-state index in [2.05, 4.69) is 24.3 Å². The maximum Gasteiger partial charge on any atom is 0.113 e. The molecule has 0 aliphatic heterocycles. The van der Waals surface area contributed by atoms with Crippen molar-refractivity contribution in [3.05, 3.63) is 21.8 Å². The quantitative estimate of drug-likeness (QED) is 0.927. The lowest BCUT2D eigenvalue weighted by Gasteiger charge is -2.18. The van der Waals surface area contributed by atoms with E-state index in [0.29, 0.717) is 0 Å². The van der Waals surface area contributed by atoms with Gasteiger partial charge in [0.2, 0.25) is 0 Å². The highest BCUT2D eigenvalue weighted by atomic mass is 32.1. The van der Waals surface area contributed by atoms with Gasteiger partial charge >= 0.3 is 0 Å². The van der Waals surface area contributed by atoms with Crippen molar-refractivity contribution in [2.45, 2.75) is 39.7 Å². The third-order valence-electron chi connectivity index (χ3n) is 3.49. The van der Waals surface area contributed by atoms with Gasteiger partial charge in [-0.05, 0) is 27.2 Å². The van der Waals surface area contributed by atoms with Crippen LogP contribution in [-0.4, -0.2) is 14.8 Å². The first-order valence-electron chi connectivity index (χ1n) is 6.12. The summed E-state index contributed by atoms with van der Waals surface area (Å²) in [6.45, 7) is 8.19. The Balaban J connectivity index is 2.48. The van der Waals surface area contributed by atoms with Gasteiger partial charge in [0, 0.05) is 23.7 Å². The summed E-state index contributed by atoms with van der Waals surface area (Å²) >= 11 is 1.63. The standard InChI is InChI=1S/C13H20N4S/c1-6-13(4,14)12-15-10(7-18-12)11-8(2)16-17(5)9(11)3/h7H,6,14H2,1-5H3. The number of thiazole rings is 1. The largest absolute Gasteiger partial charge is 0.320 e. The third kappa shape index (κ3) is 2.08. The van der Waals surface area contributed by atoms with Crippen molar-refractivity contribution < 1.29 is 0 Å². The average Bonchev–Trinajstić information content (AvgIpc) is 2.86. The minimum absolute atomic E-state index is 0.340. The van der Waals surface area contributed by atoms with E-state index in [0.717, 1.165) is 34.1 Å². The molecule has 4 nitrogen and oxygen atoms in total. The smallest absolute Gasteiger partial charge is 0.113 e. The molecule has 0 fully saturated rings. The molecular weight excluding hydrogens is 244 g/mol. The summed E-state index contributed by atoms with van der Waals surface area (Å²) in [5.41, 5.74) is 10.2. The van der Waals surface area contributed by atoms with E-state index >= 15 is 0 Å². The van der Waals surface area contributed by atoms with Gasteiger partial charge in [-0.3, -0.25) is 4.68 Å². The first-order chi connectivity index (χ1) is 8.36. The van der Waals surface area contributed by atoms with Crippen LogP contribution < -0.4 is 5.73 Å². The van der Waals surface area contributed by atoms with Gasteiger partial charge in [-0.15, -0.1) is 11.3 Å². The van der Waals surface area contributed by atoms with Crippen LogP contribution in [0.3, 0.4) is 0 Å². The minimum atomic E-state index is -0.340. The van der Waals surface area contributed by atoms with Crippen LogP contribution >= 0.6 is 11.3 Å². The molecule has 0 amide bonds. The molecule has 2 rings (SSSR count). The van der Waals surface area contributed by atoms with Crippen molar-refractivity contribution in [3.8, 4) is 11.3 Å². The Morgan fingerprint density at radius 2 is 2.11 bits per heavy atom. The van der Waals surface area contributed by atoms with Gasteiger partial charge in [-0.1, -0.05) is 6.92 Å². The van der Waals surface area contributed by atoms with E-state index in [4.69, 9.17) is 10.7 Å². The number of aromatic nitrogens is 3. The summed E-state index contributed by atoms with van der Waals surface area (Å²) in [5, 5.41) is 7.49. The second kappa shape index (κ2) is 4.48. The molecule has 18 heavy (non-hydrogen) atoms. The Morgan fingerprint density at radius 1 is 1.44 bits per heavy atom. The second-order valence-corrected chi connectivity index (χ2v) is 5.84. The van der Waals surface area contributed by atoms with Crippen molar-refractivity contribution in [1.29, 1.82) is 0 Å². The molecule has 2 aromatic rings. The Hall–Kier alpha value is -1.20. The van der Waals surface area contributed by atoms with Crippen molar-refractivity contribution in [2.24, 2.45) is 12.8 Å². The zero-order valence-corrected chi connectivity index (χ0v) is 12.4. The molecule has 0 spiro atoms. The molecule has 2 N–H and O–H groups in total. The van der Waals surface area contributed by atoms with E-state index in [9.17, 15) is 0 Å². The van der Waals surface area contributed by atoms with Crippen LogP contribution in [0.1, 0.15) is 36.7 Å². The van der Waals surface area contributed by atoms with E-state index in [-0.39, 0.29) is 5.54 Å². The molecule has 0 saturated carbocycles. The Morgan fingerprint density at radius 3 is 2.61 bits per heavy atom.